The quantitative estimate of drug-likeness (QED) is 0.681. The van der Waals surface area contributed by atoms with Crippen molar-refractivity contribution in [1.82, 2.24) is 15.1 Å². The zero-order valence-corrected chi connectivity index (χ0v) is 14.2. The Morgan fingerprint density at radius 1 is 1.35 bits per heavy atom. The van der Waals surface area contributed by atoms with Crippen LogP contribution in [-0.4, -0.2) is 79.9 Å². The van der Waals surface area contributed by atoms with Gasteiger partial charge in [0.1, 0.15) is 6.04 Å². The van der Waals surface area contributed by atoms with E-state index in [2.05, 4.69) is 5.32 Å². The van der Waals surface area contributed by atoms with Gasteiger partial charge in [-0.05, 0) is 27.2 Å². The van der Waals surface area contributed by atoms with Crippen molar-refractivity contribution in [3.05, 3.63) is 0 Å². The van der Waals surface area contributed by atoms with Gasteiger partial charge in [-0.25, -0.2) is 0 Å². The van der Waals surface area contributed by atoms with Crippen LogP contribution < -0.4 is 5.32 Å². The summed E-state index contributed by atoms with van der Waals surface area (Å²) in [7, 11) is 0. The van der Waals surface area contributed by atoms with Gasteiger partial charge in [-0.15, -0.1) is 0 Å². The van der Waals surface area contributed by atoms with E-state index in [-0.39, 0.29) is 31.6 Å². The molecule has 1 N–H and O–H groups in total. The predicted molar refractivity (Wildman–Crippen MR) is 82.2 cm³/mol. The molecule has 5 nitrogen and oxygen atoms in total. The Morgan fingerprint density at radius 3 is 2.61 bits per heavy atom. The summed E-state index contributed by atoms with van der Waals surface area (Å²) in [5, 5.41) is 2.64. The fourth-order valence-corrected chi connectivity index (χ4v) is 2.67. The lowest BCUT2D eigenvalue weighted by molar-refractivity contribution is -0.197. The summed E-state index contributed by atoms with van der Waals surface area (Å²) in [4.78, 5) is 14.8. The molecule has 0 aliphatic carbocycles. The second-order valence-electron chi connectivity index (χ2n) is 6.10. The molecule has 1 atom stereocenters. The fraction of sp³-hybridized carbons (Fsp3) is 0.933. The minimum Gasteiger partial charge on any atom is -0.382 e. The maximum absolute atomic E-state index is 13.3. The van der Waals surface area contributed by atoms with Crippen molar-refractivity contribution < 1.29 is 22.7 Å². The number of nitrogens with zero attached hydrogens (tertiary/aromatic N) is 2. The van der Waals surface area contributed by atoms with E-state index >= 15 is 0 Å². The van der Waals surface area contributed by atoms with Crippen molar-refractivity contribution in [2.45, 2.75) is 45.5 Å². The molecule has 0 radical (unpaired) electrons. The highest BCUT2D eigenvalue weighted by molar-refractivity contribution is 5.78. The Hall–Kier alpha value is -0.860. The molecule has 1 saturated heterocycles. The molecule has 0 saturated carbocycles. The number of rotatable bonds is 8. The van der Waals surface area contributed by atoms with Gasteiger partial charge >= 0.3 is 6.18 Å². The molecular weight excluding hydrogens is 311 g/mol. The molecular formula is C15H28F3N3O2. The van der Waals surface area contributed by atoms with Crippen LogP contribution in [0.4, 0.5) is 13.2 Å². The van der Waals surface area contributed by atoms with Crippen molar-refractivity contribution >= 4 is 5.91 Å². The van der Waals surface area contributed by atoms with E-state index < -0.39 is 12.2 Å². The molecule has 0 aromatic rings. The first-order valence-electron chi connectivity index (χ1n) is 8.14. The van der Waals surface area contributed by atoms with E-state index in [0.717, 1.165) is 0 Å². The van der Waals surface area contributed by atoms with Gasteiger partial charge in [0.15, 0.2) is 0 Å². The number of hydrogen-bond acceptors (Lipinski definition) is 4. The molecule has 8 heteroatoms. The van der Waals surface area contributed by atoms with Gasteiger partial charge in [-0.3, -0.25) is 9.69 Å². The summed E-state index contributed by atoms with van der Waals surface area (Å²) in [5.74, 6) is -0.362. The lowest BCUT2D eigenvalue weighted by Gasteiger charge is -2.41. The number of carbonyl (C=O) groups is 1. The molecule has 1 heterocycles. The molecule has 1 rings (SSSR count). The van der Waals surface area contributed by atoms with Crippen molar-refractivity contribution in [3.63, 3.8) is 0 Å². The van der Waals surface area contributed by atoms with Crippen molar-refractivity contribution in [3.8, 4) is 0 Å². The van der Waals surface area contributed by atoms with Crippen LogP contribution in [0.5, 0.6) is 0 Å². The zero-order valence-electron chi connectivity index (χ0n) is 14.2. The van der Waals surface area contributed by atoms with E-state index in [1.54, 1.807) is 18.7 Å². The number of amides is 1. The van der Waals surface area contributed by atoms with Crippen molar-refractivity contribution in [2.24, 2.45) is 0 Å². The topological polar surface area (TPSA) is 44.8 Å². The third-order valence-corrected chi connectivity index (χ3v) is 3.72. The smallest absolute Gasteiger partial charge is 0.382 e. The van der Waals surface area contributed by atoms with E-state index in [9.17, 15) is 18.0 Å². The molecule has 0 spiro atoms. The Kier molecular flexibility index (Phi) is 8.28. The average Bonchev–Trinajstić information content (AvgIpc) is 2.42. The first-order chi connectivity index (χ1) is 10.7. The highest BCUT2D eigenvalue weighted by atomic mass is 19.4. The van der Waals surface area contributed by atoms with Gasteiger partial charge in [0.05, 0.1) is 6.54 Å². The van der Waals surface area contributed by atoms with Crippen LogP contribution in [0.3, 0.4) is 0 Å². The summed E-state index contributed by atoms with van der Waals surface area (Å²) in [5.41, 5.74) is 0. The fourth-order valence-electron chi connectivity index (χ4n) is 2.67. The predicted octanol–water partition coefficient (Wildman–Crippen LogP) is 1.49. The molecule has 0 aromatic heterocycles. The normalized spacial score (nSPS) is 20.9. The maximum Gasteiger partial charge on any atom is 0.405 e. The van der Waals surface area contributed by atoms with Gasteiger partial charge in [-0.2, -0.15) is 13.2 Å². The third-order valence-electron chi connectivity index (χ3n) is 3.72. The molecule has 1 aliphatic heterocycles. The number of piperazine rings is 1. The Balaban J connectivity index is 2.55. The van der Waals surface area contributed by atoms with E-state index in [1.165, 1.54) is 4.90 Å². The Labute approximate surface area is 136 Å². The van der Waals surface area contributed by atoms with Gasteiger partial charge in [0.25, 0.3) is 0 Å². The minimum atomic E-state index is -4.34. The molecule has 1 fully saturated rings. The maximum atomic E-state index is 13.3. The Morgan fingerprint density at radius 2 is 2.04 bits per heavy atom. The van der Waals surface area contributed by atoms with Gasteiger partial charge < -0.3 is 15.0 Å². The van der Waals surface area contributed by atoms with Crippen LogP contribution in [0.2, 0.25) is 0 Å². The summed E-state index contributed by atoms with van der Waals surface area (Å²) in [6.07, 6.45) is -3.62. The monoisotopic (exact) mass is 339 g/mol. The van der Waals surface area contributed by atoms with Crippen LogP contribution in [0.15, 0.2) is 0 Å². The summed E-state index contributed by atoms with van der Waals surface area (Å²) in [6.45, 7) is 7.69. The largest absolute Gasteiger partial charge is 0.405 e. The second-order valence-corrected chi connectivity index (χ2v) is 6.10. The van der Waals surface area contributed by atoms with E-state index in [1.807, 2.05) is 6.92 Å². The number of halogens is 3. The molecule has 136 valence electrons. The molecule has 0 unspecified atom stereocenters. The van der Waals surface area contributed by atoms with Crippen LogP contribution in [-0.2, 0) is 9.53 Å². The zero-order chi connectivity index (χ0) is 17.5. The number of nitrogens with one attached hydrogen (secondary N) is 1. The summed E-state index contributed by atoms with van der Waals surface area (Å²) >= 11 is 0. The molecule has 1 aliphatic rings. The summed E-state index contributed by atoms with van der Waals surface area (Å²) in [6, 6.07) is -1.67. The Bertz CT molecular complexity index is 364. The number of carbonyl (C=O) groups excluding carboxylic acids is 1. The first kappa shape index (κ1) is 20.2. The molecule has 0 aromatic carbocycles. The van der Waals surface area contributed by atoms with Crippen molar-refractivity contribution in [2.75, 3.05) is 45.9 Å². The molecule has 1 amide bonds. The highest BCUT2D eigenvalue weighted by Crippen LogP contribution is 2.27. The third kappa shape index (κ3) is 7.50. The van der Waals surface area contributed by atoms with E-state index in [4.69, 9.17) is 4.74 Å². The number of alkyl halides is 3. The van der Waals surface area contributed by atoms with E-state index in [0.29, 0.717) is 32.7 Å². The van der Waals surface area contributed by atoms with Crippen LogP contribution in [0, 0.1) is 0 Å². The van der Waals surface area contributed by atoms with Crippen LogP contribution in [0.25, 0.3) is 0 Å². The average molecular weight is 339 g/mol. The van der Waals surface area contributed by atoms with Gasteiger partial charge in [0, 0.05) is 45.4 Å². The van der Waals surface area contributed by atoms with Crippen LogP contribution >= 0.6 is 0 Å². The highest BCUT2D eigenvalue weighted by Gasteiger charge is 2.46. The lowest BCUT2D eigenvalue weighted by Crippen LogP contribution is -2.60. The second kappa shape index (κ2) is 9.44. The van der Waals surface area contributed by atoms with Gasteiger partial charge in [0.2, 0.25) is 5.91 Å². The minimum absolute atomic E-state index is 0.0771. The summed E-state index contributed by atoms with van der Waals surface area (Å²) < 4.78 is 45.1. The lowest BCUT2D eigenvalue weighted by atomic mass is 10.1. The molecule has 0 bridgehead atoms. The van der Waals surface area contributed by atoms with Crippen LogP contribution in [0.1, 0.15) is 27.2 Å². The SMILES string of the molecule is CCOCCCN1CCN(CC(=O)NC(C)C)[C@@H](C(F)(F)F)C1. The number of hydrogen-bond donors (Lipinski definition) is 1. The van der Waals surface area contributed by atoms with Crippen molar-refractivity contribution in [1.29, 1.82) is 0 Å². The first-order valence-corrected chi connectivity index (χ1v) is 8.14. The standard InChI is InChI=1S/C15H28F3N3O2/c1-4-23-9-5-6-20-7-8-21(11-14(22)19-12(2)3)13(10-20)15(16,17)18/h12-13H,4-11H2,1-3H3,(H,19,22)/t13-/m1/s1. The number of ether oxygens (including phenoxy) is 1. The van der Waals surface area contributed by atoms with Gasteiger partial charge in [-0.1, -0.05) is 0 Å². The molecule has 23 heavy (non-hydrogen) atoms.